The molecule has 0 aromatic heterocycles. The van der Waals surface area contributed by atoms with E-state index in [1.165, 1.54) is 16.7 Å². The minimum atomic E-state index is -0.185. The van der Waals surface area contributed by atoms with Crippen LogP contribution in [0, 0.1) is 11.8 Å². The number of morpholine rings is 1. The maximum Gasteiger partial charge on any atom is 0.0698 e. The summed E-state index contributed by atoms with van der Waals surface area (Å²) in [6.45, 7) is 6.83. The number of aliphatic hydroxyl groups is 1. The van der Waals surface area contributed by atoms with Crippen molar-refractivity contribution in [2.45, 2.75) is 31.5 Å². The summed E-state index contributed by atoms with van der Waals surface area (Å²) in [6, 6.07) is 19.9. The van der Waals surface area contributed by atoms with Crippen LogP contribution in [0.1, 0.15) is 18.4 Å². The highest BCUT2D eigenvalue weighted by Gasteiger charge is 2.43. The molecular formula is C25H32N2O2. The van der Waals surface area contributed by atoms with E-state index in [-0.39, 0.29) is 6.10 Å². The molecule has 5 rings (SSSR count). The first-order valence-corrected chi connectivity index (χ1v) is 11.1. The Morgan fingerprint density at radius 2 is 1.59 bits per heavy atom. The molecule has 0 unspecified atom stereocenters. The van der Waals surface area contributed by atoms with Gasteiger partial charge in [0.1, 0.15) is 0 Å². The predicted octanol–water partition coefficient (Wildman–Crippen LogP) is 3.26. The number of fused-ring (bicyclic) bond motifs is 1. The summed E-state index contributed by atoms with van der Waals surface area (Å²) < 4.78 is 5.51. The lowest BCUT2D eigenvalue weighted by molar-refractivity contribution is -0.0520. The molecule has 3 aliphatic rings. The Labute approximate surface area is 174 Å². The van der Waals surface area contributed by atoms with E-state index in [0.717, 1.165) is 58.8 Å². The molecule has 4 heteroatoms. The van der Waals surface area contributed by atoms with Gasteiger partial charge in [-0.1, -0.05) is 48.5 Å². The standard InChI is InChI=1S/C25H32N2O2/c28-25-15-23-18-26(17-22(23)14-24(25)27-9-11-29-12-10-27)16-19-5-4-8-21(13-19)20-6-2-1-3-7-20/h1-8,13,22-25,28H,9-12,14-18H2/t22-,23+,24-,25-/m1/s1. The minimum Gasteiger partial charge on any atom is -0.391 e. The summed E-state index contributed by atoms with van der Waals surface area (Å²) in [7, 11) is 0. The Morgan fingerprint density at radius 3 is 2.38 bits per heavy atom. The van der Waals surface area contributed by atoms with Crippen LogP contribution < -0.4 is 0 Å². The summed E-state index contributed by atoms with van der Waals surface area (Å²) >= 11 is 0. The molecule has 1 saturated carbocycles. The van der Waals surface area contributed by atoms with Gasteiger partial charge in [-0.2, -0.15) is 0 Å². The van der Waals surface area contributed by atoms with Crippen LogP contribution >= 0.6 is 0 Å². The van der Waals surface area contributed by atoms with Crippen molar-refractivity contribution in [2.75, 3.05) is 39.4 Å². The molecule has 0 radical (unpaired) electrons. The van der Waals surface area contributed by atoms with E-state index in [9.17, 15) is 5.11 Å². The van der Waals surface area contributed by atoms with Gasteiger partial charge in [0.15, 0.2) is 0 Å². The number of hydrogen-bond acceptors (Lipinski definition) is 4. The summed E-state index contributed by atoms with van der Waals surface area (Å²) in [5, 5.41) is 10.8. The average molecular weight is 393 g/mol. The van der Waals surface area contributed by atoms with Crippen molar-refractivity contribution in [1.82, 2.24) is 9.80 Å². The van der Waals surface area contributed by atoms with E-state index in [4.69, 9.17) is 4.74 Å². The molecule has 4 nitrogen and oxygen atoms in total. The Hall–Kier alpha value is -1.72. The SMILES string of the molecule is O[C@@H]1C[C@H]2CN(Cc3cccc(-c4ccccc4)c3)C[C@H]2C[C@H]1N1CCOCC1. The van der Waals surface area contributed by atoms with Crippen molar-refractivity contribution in [2.24, 2.45) is 11.8 Å². The van der Waals surface area contributed by atoms with Crippen LogP contribution in [-0.2, 0) is 11.3 Å². The van der Waals surface area contributed by atoms with Crippen molar-refractivity contribution in [3.05, 3.63) is 60.2 Å². The van der Waals surface area contributed by atoms with Gasteiger partial charge >= 0.3 is 0 Å². The number of aliphatic hydroxyl groups excluding tert-OH is 1. The minimum absolute atomic E-state index is 0.185. The third kappa shape index (κ3) is 4.26. The van der Waals surface area contributed by atoms with Crippen molar-refractivity contribution in [3.63, 3.8) is 0 Å². The van der Waals surface area contributed by atoms with Crippen LogP contribution in [0.15, 0.2) is 54.6 Å². The van der Waals surface area contributed by atoms with E-state index in [0.29, 0.717) is 17.9 Å². The largest absolute Gasteiger partial charge is 0.391 e. The smallest absolute Gasteiger partial charge is 0.0698 e. The number of likely N-dealkylation sites (tertiary alicyclic amines) is 1. The van der Waals surface area contributed by atoms with Gasteiger partial charge in [-0.3, -0.25) is 9.80 Å². The van der Waals surface area contributed by atoms with Gasteiger partial charge in [-0.15, -0.1) is 0 Å². The molecule has 0 bridgehead atoms. The lowest BCUT2D eigenvalue weighted by Crippen LogP contribution is -2.53. The molecule has 2 aromatic rings. The van der Waals surface area contributed by atoms with Gasteiger partial charge in [0, 0.05) is 38.8 Å². The van der Waals surface area contributed by atoms with Gasteiger partial charge in [-0.05, 0) is 47.4 Å². The molecule has 1 N–H and O–H groups in total. The van der Waals surface area contributed by atoms with E-state index in [1.807, 2.05) is 0 Å². The molecule has 154 valence electrons. The van der Waals surface area contributed by atoms with E-state index >= 15 is 0 Å². The van der Waals surface area contributed by atoms with Gasteiger partial charge in [0.05, 0.1) is 19.3 Å². The molecular weight excluding hydrogens is 360 g/mol. The molecule has 29 heavy (non-hydrogen) atoms. The molecule has 1 aliphatic carbocycles. The van der Waals surface area contributed by atoms with Gasteiger partial charge in [0.25, 0.3) is 0 Å². The summed E-state index contributed by atoms with van der Waals surface area (Å²) in [4.78, 5) is 5.07. The second kappa shape index (κ2) is 8.57. The predicted molar refractivity (Wildman–Crippen MR) is 116 cm³/mol. The molecule has 0 spiro atoms. The summed E-state index contributed by atoms with van der Waals surface area (Å²) in [6.07, 6.45) is 1.90. The number of hydrogen-bond donors (Lipinski definition) is 1. The Morgan fingerprint density at radius 1 is 0.862 bits per heavy atom. The molecule has 3 fully saturated rings. The summed E-state index contributed by atoms with van der Waals surface area (Å²) in [5.74, 6) is 1.35. The molecule has 2 aromatic carbocycles. The number of rotatable bonds is 4. The molecule has 2 heterocycles. The fourth-order valence-corrected chi connectivity index (χ4v) is 5.67. The quantitative estimate of drug-likeness (QED) is 0.866. The number of ether oxygens (including phenoxy) is 1. The maximum atomic E-state index is 10.8. The maximum absolute atomic E-state index is 10.8. The number of benzene rings is 2. The van der Waals surface area contributed by atoms with Crippen LogP contribution in [0.5, 0.6) is 0 Å². The fourth-order valence-electron chi connectivity index (χ4n) is 5.67. The zero-order valence-electron chi connectivity index (χ0n) is 17.1. The van der Waals surface area contributed by atoms with Crippen molar-refractivity contribution in [3.8, 4) is 11.1 Å². The highest BCUT2D eigenvalue weighted by molar-refractivity contribution is 5.63. The first-order chi connectivity index (χ1) is 14.3. The zero-order chi connectivity index (χ0) is 19.6. The van der Waals surface area contributed by atoms with Crippen molar-refractivity contribution < 1.29 is 9.84 Å². The first-order valence-electron chi connectivity index (χ1n) is 11.1. The van der Waals surface area contributed by atoms with Crippen LogP contribution in [-0.4, -0.2) is 66.4 Å². The molecule has 4 atom stereocenters. The van der Waals surface area contributed by atoms with Crippen molar-refractivity contribution >= 4 is 0 Å². The summed E-state index contributed by atoms with van der Waals surface area (Å²) in [5.41, 5.74) is 3.96. The third-order valence-corrected chi connectivity index (χ3v) is 7.14. The average Bonchev–Trinajstić information content (AvgIpc) is 3.15. The van der Waals surface area contributed by atoms with Crippen LogP contribution in [0.3, 0.4) is 0 Å². The molecule has 2 saturated heterocycles. The monoisotopic (exact) mass is 392 g/mol. The van der Waals surface area contributed by atoms with E-state index in [1.54, 1.807) is 0 Å². The molecule has 2 aliphatic heterocycles. The Balaban J connectivity index is 1.23. The van der Waals surface area contributed by atoms with E-state index in [2.05, 4.69) is 64.4 Å². The lowest BCUT2D eigenvalue weighted by Gasteiger charge is -2.43. The van der Waals surface area contributed by atoms with Crippen LogP contribution in [0.2, 0.25) is 0 Å². The lowest BCUT2D eigenvalue weighted by atomic mass is 9.77. The number of nitrogens with zero attached hydrogens (tertiary/aromatic N) is 2. The van der Waals surface area contributed by atoms with Gasteiger partial charge < -0.3 is 9.84 Å². The second-order valence-corrected chi connectivity index (χ2v) is 9.04. The van der Waals surface area contributed by atoms with Gasteiger partial charge in [-0.25, -0.2) is 0 Å². The highest BCUT2D eigenvalue weighted by atomic mass is 16.5. The van der Waals surface area contributed by atoms with Crippen LogP contribution in [0.25, 0.3) is 11.1 Å². The van der Waals surface area contributed by atoms with Crippen LogP contribution in [0.4, 0.5) is 0 Å². The fraction of sp³-hybridized carbons (Fsp3) is 0.520. The Kier molecular flexibility index (Phi) is 5.69. The Bertz CT molecular complexity index is 805. The third-order valence-electron chi connectivity index (χ3n) is 7.14. The topological polar surface area (TPSA) is 35.9 Å². The molecule has 0 amide bonds. The van der Waals surface area contributed by atoms with E-state index < -0.39 is 0 Å². The first kappa shape index (κ1) is 19.3. The zero-order valence-corrected chi connectivity index (χ0v) is 17.1. The normalized spacial score (nSPS) is 30.9. The second-order valence-electron chi connectivity index (χ2n) is 9.04. The van der Waals surface area contributed by atoms with Gasteiger partial charge in [0.2, 0.25) is 0 Å². The van der Waals surface area contributed by atoms with Crippen molar-refractivity contribution in [1.29, 1.82) is 0 Å². The highest BCUT2D eigenvalue weighted by Crippen LogP contribution is 2.39.